The zero-order valence-corrected chi connectivity index (χ0v) is 16.9. The smallest absolute Gasteiger partial charge is 0.261 e. The Kier molecular flexibility index (Phi) is 4.66. The Morgan fingerprint density at radius 1 is 1.23 bits per heavy atom. The Morgan fingerprint density at radius 3 is 2.85 bits per heavy atom. The molecule has 1 amide bonds. The number of hydrogen-bond donors (Lipinski definition) is 1. The first-order chi connectivity index (χ1) is 12.4. The van der Waals surface area contributed by atoms with Crippen molar-refractivity contribution in [2.24, 2.45) is 11.8 Å². The second-order valence-corrected chi connectivity index (χ2v) is 9.03. The van der Waals surface area contributed by atoms with Crippen molar-refractivity contribution in [3.05, 3.63) is 39.9 Å². The quantitative estimate of drug-likeness (QED) is 0.551. The van der Waals surface area contributed by atoms with E-state index in [1.807, 2.05) is 18.2 Å². The minimum Gasteiger partial charge on any atom is -0.348 e. The molecule has 1 aromatic carbocycles. The summed E-state index contributed by atoms with van der Waals surface area (Å²) in [4.78, 5) is 18.1. The van der Waals surface area contributed by atoms with Crippen molar-refractivity contribution < 1.29 is 4.79 Å². The number of thiophene rings is 1. The van der Waals surface area contributed by atoms with Crippen LogP contribution >= 0.6 is 22.9 Å². The third-order valence-corrected chi connectivity index (χ3v) is 7.27. The molecule has 0 bridgehead atoms. The molecule has 5 heteroatoms. The van der Waals surface area contributed by atoms with E-state index in [1.165, 1.54) is 29.7 Å². The predicted octanol–water partition coefficient (Wildman–Crippen LogP) is 5.97. The van der Waals surface area contributed by atoms with Crippen LogP contribution in [0.1, 0.15) is 48.3 Å². The van der Waals surface area contributed by atoms with Gasteiger partial charge in [0.15, 0.2) is 0 Å². The topological polar surface area (TPSA) is 42.0 Å². The van der Waals surface area contributed by atoms with Gasteiger partial charge in [0.1, 0.15) is 5.15 Å². The lowest BCUT2D eigenvalue weighted by Gasteiger charge is -2.34. The molecule has 2 heterocycles. The van der Waals surface area contributed by atoms with Gasteiger partial charge in [-0.25, -0.2) is 4.98 Å². The van der Waals surface area contributed by atoms with Crippen LogP contribution in [0, 0.1) is 18.8 Å². The number of rotatable bonds is 2. The number of nitrogens with one attached hydrogen (secondary N) is 1. The van der Waals surface area contributed by atoms with Crippen molar-refractivity contribution in [3.63, 3.8) is 0 Å². The number of aromatic nitrogens is 1. The number of carbonyl (C=O) groups is 1. The van der Waals surface area contributed by atoms with Gasteiger partial charge in [-0.3, -0.25) is 4.79 Å². The molecule has 4 rings (SSSR count). The largest absolute Gasteiger partial charge is 0.348 e. The minimum atomic E-state index is 0.00835. The molecule has 1 aliphatic rings. The van der Waals surface area contributed by atoms with Crippen LogP contribution in [0.15, 0.2) is 24.3 Å². The number of amides is 1. The maximum Gasteiger partial charge on any atom is 0.261 e. The lowest BCUT2D eigenvalue weighted by Crippen LogP contribution is -2.43. The molecule has 26 heavy (non-hydrogen) atoms. The summed E-state index contributed by atoms with van der Waals surface area (Å²) in [5.41, 5.74) is 2.05. The van der Waals surface area contributed by atoms with Crippen LogP contribution < -0.4 is 5.32 Å². The molecular weight excluding hydrogens is 364 g/mol. The first kappa shape index (κ1) is 17.7. The fourth-order valence-corrected chi connectivity index (χ4v) is 5.36. The normalized spacial score (nSPS) is 23.5. The van der Waals surface area contributed by atoms with E-state index in [0.717, 1.165) is 27.4 Å². The first-order valence-corrected chi connectivity index (χ1v) is 10.4. The molecule has 136 valence electrons. The predicted molar refractivity (Wildman–Crippen MR) is 110 cm³/mol. The van der Waals surface area contributed by atoms with Crippen LogP contribution in [0.4, 0.5) is 0 Å². The van der Waals surface area contributed by atoms with Gasteiger partial charge in [-0.05, 0) is 43.4 Å². The van der Waals surface area contributed by atoms with Crippen LogP contribution in [-0.2, 0) is 0 Å². The van der Waals surface area contributed by atoms with E-state index in [2.05, 4.69) is 37.1 Å². The highest BCUT2D eigenvalue weighted by Gasteiger charge is 2.29. The van der Waals surface area contributed by atoms with Crippen molar-refractivity contribution in [3.8, 4) is 0 Å². The lowest BCUT2D eigenvalue weighted by atomic mass is 9.78. The van der Waals surface area contributed by atoms with Crippen LogP contribution in [0.5, 0.6) is 0 Å². The summed E-state index contributed by atoms with van der Waals surface area (Å²) in [5.74, 6) is 1.17. The number of fused-ring (bicyclic) bond motifs is 3. The van der Waals surface area contributed by atoms with Crippen LogP contribution in [0.2, 0.25) is 5.15 Å². The average molecular weight is 387 g/mol. The highest BCUT2D eigenvalue weighted by atomic mass is 35.5. The Labute approximate surface area is 162 Å². The molecule has 0 unspecified atom stereocenters. The zero-order valence-electron chi connectivity index (χ0n) is 15.3. The van der Waals surface area contributed by atoms with Crippen molar-refractivity contribution in [2.75, 3.05) is 0 Å². The third kappa shape index (κ3) is 3.10. The fraction of sp³-hybridized carbons (Fsp3) is 0.429. The highest BCUT2D eigenvalue weighted by molar-refractivity contribution is 7.21. The molecule has 1 N–H and O–H groups in total. The molecule has 0 radical (unpaired) electrons. The standard InChI is InChI=1S/C21H23ClN2OS/c1-11-7-8-17-14(9-11)19-15(20(22)23-17)10-18(26-19)21(25)24-16-6-4-5-12(2)13(16)3/h7-10,12-13,16H,4-6H2,1-3H3,(H,24,25)/t12-,13-,16-/m1/s1. The molecule has 0 saturated heterocycles. The SMILES string of the molecule is Cc1ccc2nc(Cl)c3cc(C(=O)N[C@@H]4CCC[C@@H](C)[C@H]4C)sc3c2c1. The number of pyridine rings is 1. The number of carbonyl (C=O) groups excluding carboxylic acids is 1. The van der Waals surface area contributed by atoms with Crippen LogP contribution in [-0.4, -0.2) is 16.9 Å². The van der Waals surface area contributed by atoms with Gasteiger partial charge in [0, 0.05) is 21.5 Å². The molecule has 0 aliphatic heterocycles. The molecule has 1 saturated carbocycles. The Bertz CT molecular complexity index is 996. The van der Waals surface area contributed by atoms with Crippen molar-refractivity contribution >= 4 is 49.8 Å². The van der Waals surface area contributed by atoms with Gasteiger partial charge in [-0.2, -0.15) is 0 Å². The van der Waals surface area contributed by atoms with E-state index in [0.29, 0.717) is 21.9 Å². The Hall–Kier alpha value is -1.65. The maximum absolute atomic E-state index is 12.9. The van der Waals surface area contributed by atoms with Gasteiger partial charge >= 0.3 is 0 Å². The molecule has 1 aliphatic carbocycles. The van der Waals surface area contributed by atoms with E-state index in [1.54, 1.807) is 0 Å². The Morgan fingerprint density at radius 2 is 2.04 bits per heavy atom. The molecular formula is C21H23ClN2OS. The lowest BCUT2D eigenvalue weighted by molar-refractivity contribution is 0.0895. The number of halogens is 1. The van der Waals surface area contributed by atoms with Crippen molar-refractivity contribution in [2.45, 2.75) is 46.1 Å². The molecule has 3 nitrogen and oxygen atoms in total. The van der Waals surface area contributed by atoms with Gasteiger partial charge in [-0.1, -0.05) is 49.9 Å². The van der Waals surface area contributed by atoms with Crippen LogP contribution in [0.3, 0.4) is 0 Å². The zero-order chi connectivity index (χ0) is 18.4. The fourth-order valence-electron chi connectivity index (χ4n) is 3.98. The summed E-state index contributed by atoms with van der Waals surface area (Å²) in [6.07, 6.45) is 3.50. The van der Waals surface area contributed by atoms with Gasteiger partial charge in [-0.15, -0.1) is 11.3 Å². The van der Waals surface area contributed by atoms with E-state index in [9.17, 15) is 4.79 Å². The number of aryl methyl sites for hydroxylation is 1. The summed E-state index contributed by atoms with van der Waals surface area (Å²) >= 11 is 7.90. The minimum absolute atomic E-state index is 0.00835. The maximum atomic E-state index is 12.9. The van der Waals surface area contributed by atoms with Gasteiger partial charge in [0.05, 0.1) is 10.4 Å². The van der Waals surface area contributed by atoms with Gasteiger partial charge in [0.25, 0.3) is 5.91 Å². The van der Waals surface area contributed by atoms with E-state index < -0.39 is 0 Å². The van der Waals surface area contributed by atoms with Crippen LogP contribution in [0.25, 0.3) is 21.0 Å². The van der Waals surface area contributed by atoms with E-state index in [-0.39, 0.29) is 11.9 Å². The summed E-state index contributed by atoms with van der Waals surface area (Å²) in [6.45, 7) is 6.59. The van der Waals surface area contributed by atoms with Gasteiger partial charge in [0.2, 0.25) is 0 Å². The first-order valence-electron chi connectivity index (χ1n) is 9.24. The second-order valence-electron chi connectivity index (χ2n) is 7.62. The molecule has 3 atom stereocenters. The summed E-state index contributed by atoms with van der Waals surface area (Å²) < 4.78 is 1.04. The summed E-state index contributed by atoms with van der Waals surface area (Å²) in [6, 6.07) is 8.28. The average Bonchev–Trinajstić information content (AvgIpc) is 3.06. The number of hydrogen-bond acceptors (Lipinski definition) is 3. The summed E-state index contributed by atoms with van der Waals surface area (Å²) in [5, 5.41) is 5.66. The molecule has 0 spiro atoms. The molecule has 3 aromatic rings. The highest BCUT2D eigenvalue weighted by Crippen LogP contribution is 2.36. The molecule has 1 fully saturated rings. The second kappa shape index (κ2) is 6.82. The third-order valence-electron chi connectivity index (χ3n) is 5.82. The van der Waals surface area contributed by atoms with Crippen molar-refractivity contribution in [1.29, 1.82) is 0 Å². The number of nitrogens with zero attached hydrogens (tertiary/aromatic N) is 1. The molecule has 2 aromatic heterocycles. The van der Waals surface area contributed by atoms with E-state index in [4.69, 9.17) is 11.6 Å². The monoisotopic (exact) mass is 386 g/mol. The number of benzene rings is 1. The summed E-state index contributed by atoms with van der Waals surface area (Å²) in [7, 11) is 0. The Balaban J connectivity index is 1.70. The van der Waals surface area contributed by atoms with E-state index >= 15 is 0 Å². The van der Waals surface area contributed by atoms with Crippen molar-refractivity contribution in [1.82, 2.24) is 10.3 Å². The van der Waals surface area contributed by atoms with Gasteiger partial charge < -0.3 is 5.32 Å².